The van der Waals surface area contributed by atoms with Crippen LogP contribution in [-0.4, -0.2) is 74.6 Å². The van der Waals surface area contributed by atoms with Gasteiger partial charge in [-0.3, -0.25) is 24.0 Å². The fourth-order valence-corrected chi connectivity index (χ4v) is 3.26. The van der Waals surface area contributed by atoms with Gasteiger partial charge in [0.2, 0.25) is 12.4 Å². The van der Waals surface area contributed by atoms with Crippen LogP contribution in [0.3, 0.4) is 0 Å². The minimum atomic E-state index is -1.42. The number of benzene rings is 1. The van der Waals surface area contributed by atoms with Gasteiger partial charge in [-0.05, 0) is 18.2 Å². The first-order valence-electron chi connectivity index (χ1n) is 10.2. The molecule has 0 N–H and O–H groups in total. The van der Waals surface area contributed by atoms with Crippen LogP contribution in [0.5, 0.6) is 11.5 Å². The van der Waals surface area contributed by atoms with Crippen LogP contribution in [-0.2, 0) is 42.9 Å². The molecule has 0 unspecified atom stereocenters. The summed E-state index contributed by atoms with van der Waals surface area (Å²) in [6, 6.07) is 4.29. The number of rotatable bonds is 9. The standard InChI is InChI=1S/C22H26O12/c1-11(24)29-10-18-19(30-12(2)25)20(31-13(3)26)21(32-14(4)27)22(34-18)33-16-7-6-15(9-23)8-17(16)28-5/h6-9,18-22H,10H2,1-5H3/t18-,19-,20+,21-,22-/m0/s1. The summed E-state index contributed by atoms with van der Waals surface area (Å²) in [5.74, 6) is -2.64. The molecule has 186 valence electrons. The highest BCUT2D eigenvalue weighted by molar-refractivity contribution is 5.76. The van der Waals surface area contributed by atoms with E-state index < -0.39 is 54.6 Å². The molecule has 1 fully saturated rings. The molecule has 0 radical (unpaired) electrons. The van der Waals surface area contributed by atoms with Gasteiger partial charge in [0.25, 0.3) is 0 Å². The van der Waals surface area contributed by atoms with Crippen LogP contribution in [0.2, 0.25) is 0 Å². The summed E-state index contributed by atoms with van der Waals surface area (Å²) in [5.41, 5.74) is 0.311. The lowest BCUT2D eigenvalue weighted by atomic mass is 9.98. The van der Waals surface area contributed by atoms with Crippen molar-refractivity contribution in [3.05, 3.63) is 23.8 Å². The molecule has 0 amide bonds. The van der Waals surface area contributed by atoms with Crippen LogP contribution in [0.1, 0.15) is 38.1 Å². The van der Waals surface area contributed by atoms with E-state index in [0.29, 0.717) is 11.8 Å². The summed E-state index contributed by atoms with van der Waals surface area (Å²) in [5, 5.41) is 0. The zero-order chi connectivity index (χ0) is 25.4. The molecule has 1 aliphatic rings. The fraction of sp³-hybridized carbons (Fsp3) is 0.500. The van der Waals surface area contributed by atoms with Gasteiger partial charge in [0.1, 0.15) is 19.0 Å². The molecule has 1 aromatic rings. The van der Waals surface area contributed by atoms with Gasteiger partial charge >= 0.3 is 23.9 Å². The largest absolute Gasteiger partial charge is 0.493 e. The van der Waals surface area contributed by atoms with Crippen molar-refractivity contribution in [2.24, 2.45) is 0 Å². The van der Waals surface area contributed by atoms with Crippen molar-refractivity contribution >= 4 is 30.2 Å². The first-order valence-corrected chi connectivity index (χ1v) is 10.2. The molecule has 1 aliphatic heterocycles. The highest BCUT2D eigenvalue weighted by atomic mass is 16.7. The highest BCUT2D eigenvalue weighted by Gasteiger charge is 2.53. The van der Waals surface area contributed by atoms with E-state index in [2.05, 4.69) is 0 Å². The minimum Gasteiger partial charge on any atom is -0.493 e. The van der Waals surface area contributed by atoms with Crippen molar-refractivity contribution < 1.29 is 57.1 Å². The van der Waals surface area contributed by atoms with E-state index in [1.807, 2.05) is 0 Å². The predicted molar refractivity (Wildman–Crippen MR) is 111 cm³/mol. The Bertz CT molecular complexity index is 926. The smallest absolute Gasteiger partial charge is 0.303 e. The Balaban J connectivity index is 2.51. The molecule has 0 aromatic heterocycles. The Labute approximate surface area is 195 Å². The lowest BCUT2D eigenvalue weighted by Crippen LogP contribution is -2.63. The first-order chi connectivity index (χ1) is 16.0. The number of aldehydes is 1. The summed E-state index contributed by atoms with van der Waals surface area (Å²) < 4.78 is 38.0. The van der Waals surface area contributed by atoms with E-state index in [-0.39, 0.29) is 18.1 Å². The number of hydrogen-bond acceptors (Lipinski definition) is 12. The average Bonchev–Trinajstić information content (AvgIpc) is 2.75. The third-order valence-electron chi connectivity index (χ3n) is 4.52. The molecule has 1 saturated heterocycles. The molecule has 0 aliphatic carbocycles. The van der Waals surface area contributed by atoms with E-state index >= 15 is 0 Å². The topological polar surface area (TPSA) is 150 Å². The molecular formula is C22H26O12. The molecule has 34 heavy (non-hydrogen) atoms. The molecule has 1 aromatic carbocycles. The fourth-order valence-electron chi connectivity index (χ4n) is 3.26. The maximum absolute atomic E-state index is 11.9. The molecular weight excluding hydrogens is 456 g/mol. The summed E-state index contributed by atoms with van der Waals surface area (Å²) in [6.07, 6.45) is -6.03. The van der Waals surface area contributed by atoms with Crippen LogP contribution in [0.4, 0.5) is 0 Å². The molecule has 12 heteroatoms. The zero-order valence-corrected chi connectivity index (χ0v) is 19.3. The predicted octanol–water partition coefficient (Wildman–Crippen LogP) is 0.970. The average molecular weight is 482 g/mol. The molecule has 0 spiro atoms. The van der Waals surface area contributed by atoms with Crippen LogP contribution >= 0.6 is 0 Å². The van der Waals surface area contributed by atoms with Gasteiger partial charge in [0, 0.05) is 33.3 Å². The van der Waals surface area contributed by atoms with E-state index in [9.17, 15) is 24.0 Å². The lowest BCUT2D eigenvalue weighted by molar-refractivity contribution is -0.288. The van der Waals surface area contributed by atoms with Crippen LogP contribution in [0.15, 0.2) is 18.2 Å². The van der Waals surface area contributed by atoms with Crippen LogP contribution in [0, 0.1) is 0 Å². The quantitative estimate of drug-likeness (QED) is 0.280. The third-order valence-corrected chi connectivity index (χ3v) is 4.52. The molecule has 0 saturated carbocycles. The monoisotopic (exact) mass is 482 g/mol. The summed E-state index contributed by atoms with van der Waals surface area (Å²) in [7, 11) is 1.35. The summed E-state index contributed by atoms with van der Waals surface area (Å²) in [6.45, 7) is 4.13. The molecule has 1 heterocycles. The Hall–Kier alpha value is -3.67. The van der Waals surface area contributed by atoms with Gasteiger partial charge < -0.3 is 33.2 Å². The normalized spacial score (nSPS) is 23.7. The van der Waals surface area contributed by atoms with Gasteiger partial charge in [-0.25, -0.2) is 0 Å². The molecule has 5 atom stereocenters. The number of carbonyl (C=O) groups is 5. The van der Waals surface area contributed by atoms with Crippen molar-refractivity contribution in [1.82, 2.24) is 0 Å². The van der Waals surface area contributed by atoms with Crippen LogP contribution < -0.4 is 9.47 Å². The second-order valence-corrected chi connectivity index (χ2v) is 7.21. The molecule has 12 nitrogen and oxygen atoms in total. The number of methoxy groups -OCH3 is 1. The SMILES string of the molecule is COc1cc(C=O)ccc1O[C@H]1O[C@@H](COC(C)=O)[C@H](OC(C)=O)[C@@H](OC(C)=O)[C@@H]1OC(C)=O. The number of esters is 4. The number of carbonyl (C=O) groups excluding carboxylic acids is 5. The highest BCUT2D eigenvalue weighted by Crippen LogP contribution is 2.34. The first kappa shape index (κ1) is 26.6. The zero-order valence-electron chi connectivity index (χ0n) is 19.3. The van der Waals surface area contributed by atoms with E-state index in [0.717, 1.165) is 20.8 Å². The van der Waals surface area contributed by atoms with Crippen molar-refractivity contribution in [2.75, 3.05) is 13.7 Å². The third kappa shape index (κ3) is 7.17. The van der Waals surface area contributed by atoms with Crippen molar-refractivity contribution in [1.29, 1.82) is 0 Å². The lowest BCUT2D eigenvalue weighted by Gasteiger charge is -2.44. The Morgan fingerprint density at radius 3 is 1.97 bits per heavy atom. The van der Waals surface area contributed by atoms with Crippen molar-refractivity contribution in [3.63, 3.8) is 0 Å². The maximum atomic E-state index is 11.9. The van der Waals surface area contributed by atoms with E-state index in [4.69, 9.17) is 33.2 Å². The minimum absolute atomic E-state index is 0.106. The van der Waals surface area contributed by atoms with Gasteiger partial charge in [-0.2, -0.15) is 0 Å². The second-order valence-electron chi connectivity index (χ2n) is 7.21. The Morgan fingerprint density at radius 2 is 1.44 bits per heavy atom. The molecule has 2 rings (SSSR count). The summed E-state index contributed by atoms with van der Waals surface area (Å²) >= 11 is 0. The van der Waals surface area contributed by atoms with Crippen molar-refractivity contribution in [2.45, 2.75) is 58.4 Å². The summed E-state index contributed by atoms with van der Waals surface area (Å²) in [4.78, 5) is 57.9. The molecule has 0 bridgehead atoms. The van der Waals surface area contributed by atoms with E-state index in [1.54, 1.807) is 0 Å². The van der Waals surface area contributed by atoms with Crippen molar-refractivity contribution in [3.8, 4) is 11.5 Å². The van der Waals surface area contributed by atoms with Gasteiger partial charge in [0.05, 0.1) is 7.11 Å². The van der Waals surface area contributed by atoms with Gasteiger partial charge in [-0.15, -0.1) is 0 Å². The number of ether oxygens (including phenoxy) is 7. The number of hydrogen-bond donors (Lipinski definition) is 0. The Morgan fingerprint density at radius 1 is 0.853 bits per heavy atom. The van der Waals surface area contributed by atoms with Gasteiger partial charge in [-0.1, -0.05) is 0 Å². The van der Waals surface area contributed by atoms with E-state index in [1.165, 1.54) is 32.2 Å². The van der Waals surface area contributed by atoms with Gasteiger partial charge in [0.15, 0.2) is 23.7 Å². The Kier molecular flexibility index (Phi) is 9.36. The maximum Gasteiger partial charge on any atom is 0.303 e. The van der Waals surface area contributed by atoms with Crippen LogP contribution in [0.25, 0.3) is 0 Å². The second kappa shape index (κ2) is 12.0.